The van der Waals surface area contributed by atoms with Gasteiger partial charge in [-0.15, -0.1) is 0 Å². The van der Waals surface area contributed by atoms with Crippen molar-refractivity contribution in [3.05, 3.63) is 53.2 Å². The summed E-state index contributed by atoms with van der Waals surface area (Å²) in [5, 5.41) is 9.44. The molecular weight excluding hydrogens is 336 g/mol. The van der Waals surface area contributed by atoms with Crippen LogP contribution in [0.25, 0.3) is 10.9 Å². The fourth-order valence-corrected chi connectivity index (χ4v) is 3.51. The van der Waals surface area contributed by atoms with Crippen molar-refractivity contribution >= 4 is 28.2 Å². The molecule has 130 valence electrons. The number of fused-ring (bicyclic) bond motifs is 1. The molecule has 1 fully saturated rings. The van der Waals surface area contributed by atoms with Gasteiger partial charge in [0, 0.05) is 48.8 Å². The van der Waals surface area contributed by atoms with Crippen LogP contribution in [0.1, 0.15) is 5.69 Å². The maximum absolute atomic E-state index is 6.04. The van der Waals surface area contributed by atoms with Crippen LogP contribution in [0.15, 0.2) is 42.5 Å². The standard InChI is InChI=1S/C19H21ClN4O/c1-25-16-5-3-15(4-6-16)24-10-8-23(9-11-24)13-19-17-7-2-14(20)12-18(17)21-22-19/h2-7,12H,8-11,13H2,1H3,(H,21,22). The molecule has 3 aromatic rings. The van der Waals surface area contributed by atoms with Gasteiger partial charge in [0.15, 0.2) is 0 Å². The highest BCUT2D eigenvalue weighted by Gasteiger charge is 2.19. The minimum absolute atomic E-state index is 0.732. The predicted molar refractivity (Wildman–Crippen MR) is 102 cm³/mol. The Morgan fingerprint density at radius 2 is 1.84 bits per heavy atom. The van der Waals surface area contributed by atoms with Crippen molar-refractivity contribution in [1.82, 2.24) is 15.1 Å². The molecule has 0 atom stereocenters. The number of nitrogens with one attached hydrogen (secondary N) is 1. The Morgan fingerprint density at radius 1 is 1.08 bits per heavy atom. The maximum Gasteiger partial charge on any atom is 0.119 e. The number of nitrogens with zero attached hydrogens (tertiary/aromatic N) is 3. The van der Waals surface area contributed by atoms with Gasteiger partial charge in [-0.3, -0.25) is 10.00 Å². The fraction of sp³-hybridized carbons (Fsp3) is 0.316. The van der Waals surface area contributed by atoms with E-state index in [4.69, 9.17) is 16.3 Å². The second-order valence-corrected chi connectivity index (χ2v) is 6.76. The van der Waals surface area contributed by atoms with E-state index in [2.05, 4.69) is 32.1 Å². The van der Waals surface area contributed by atoms with Gasteiger partial charge < -0.3 is 9.64 Å². The molecule has 5 nitrogen and oxygen atoms in total. The summed E-state index contributed by atoms with van der Waals surface area (Å²) in [7, 11) is 1.69. The first-order valence-corrected chi connectivity index (χ1v) is 8.84. The highest BCUT2D eigenvalue weighted by Crippen LogP contribution is 2.23. The van der Waals surface area contributed by atoms with E-state index < -0.39 is 0 Å². The Balaban J connectivity index is 1.39. The number of ether oxygens (including phenoxy) is 1. The average molecular weight is 357 g/mol. The minimum Gasteiger partial charge on any atom is -0.497 e. The molecule has 1 saturated heterocycles. The van der Waals surface area contributed by atoms with Gasteiger partial charge in [-0.2, -0.15) is 5.10 Å². The maximum atomic E-state index is 6.04. The van der Waals surface area contributed by atoms with Gasteiger partial charge in [-0.25, -0.2) is 0 Å². The molecule has 0 bridgehead atoms. The van der Waals surface area contributed by atoms with E-state index in [1.165, 1.54) is 5.69 Å². The topological polar surface area (TPSA) is 44.4 Å². The molecule has 0 spiro atoms. The van der Waals surface area contributed by atoms with E-state index in [1.807, 2.05) is 30.3 Å². The van der Waals surface area contributed by atoms with Crippen molar-refractivity contribution in [2.75, 3.05) is 38.2 Å². The molecule has 0 amide bonds. The van der Waals surface area contributed by atoms with Gasteiger partial charge in [-0.05, 0) is 42.5 Å². The van der Waals surface area contributed by atoms with E-state index in [0.717, 1.165) is 60.1 Å². The van der Waals surface area contributed by atoms with Crippen LogP contribution in [0, 0.1) is 0 Å². The Kier molecular flexibility index (Phi) is 4.51. The summed E-state index contributed by atoms with van der Waals surface area (Å²) in [6.45, 7) is 4.93. The molecule has 4 rings (SSSR count). The minimum atomic E-state index is 0.732. The number of aromatic nitrogens is 2. The number of methoxy groups -OCH3 is 1. The number of hydrogen-bond donors (Lipinski definition) is 1. The summed E-state index contributed by atoms with van der Waals surface area (Å²) in [6.07, 6.45) is 0. The molecule has 2 aromatic carbocycles. The number of hydrogen-bond acceptors (Lipinski definition) is 4. The zero-order valence-electron chi connectivity index (χ0n) is 14.2. The number of aromatic amines is 1. The first kappa shape index (κ1) is 16.2. The van der Waals surface area contributed by atoms with E-state index >= 15 is 0 Å². The van der Waals surface area contributed by atoms with Gasteiger partial charge in [0.2, 0.25) is 0 Å². The summed E-state index contributed by atoms with van der Waals surface area (Å²) >= 11 is 6.04. The molecule has 0 radical (unpaired) electrons. The number of benzene rings is 2. The molecule has 6 heteroatoms. The molecule has 1 aliphatic rings. The van der Waals surface area contributed by atoms with Crippen LogP contribution in [0.4, 0.5) is 5.69 Å². The Morgan fingerprint density at radius 3 is 2.56 bits per heavy atom. The molecule has 1 aliphatic heterocycles. The Hall–Kier alpha value is -2.24. The normalized spacial score (nSPS) is 15.7. The molecule has 0 unspecified atom stereocenters. The number of rotatable bonds is 4. The summed E-state index contributed by atoms with van der Waals surface area (Å²) in [5.74, 6) is 0.896. The van der Waals surface area contributed by atoms with Gasteiger partial charge in [0.25, 0.3) is 0 Å². The predicted octanol–water partition coefficient (Wildman–Crippen LogP) is 3.55. The molecule has 1 N–H and O–H groups in total. The lowest BCUT2D eigenvalue weighted by Gasteiger charge is -2.35. The lowest BCUT2D eigenvalue weighted by Crippen LogP contribution is -2.46. The van der Waals surface area contributed by atoms with Crippen LogP contribution >= 0.6 is 11.6 Å². The van der Waals surface area contributed by atoms with Crippen molar-refractivity contribution in [2.24, 2.45) is 0 Å². The third kappa shape index (κ3) is 3.43. The van der Waals surface area contributed by atoms with Crippen LogP contribution in [0.3, 0.4) is 0 Å². The summed E-state index contributed by atoms with van der Waals surface area (Å²) in [4.78, 5) is 4.86. The second kappa shape index (κ2) is 6.94. The van der Waals surface area contributed by atoms with Crippen LogP contribution in [-0.2, 0) is 6.54 Å². The molecule has 25 heavy (non-hydrogen) atoms. The van der Waals surface area contributed by atoms with Crippen LogP contribution < -0.4 is 9.64 Å². The van der Waals surface area contributed by atoms with Gasteiger partial charge >= 0.3 is 0 Å². The lowest BCUT2D eigenvalue weighted by molar-refractivity contribution is 0.248. The largest absolute Gasteiger partial charge is 0.497 e. The lowest BCUT2D eigenvalue weighted by atomic mass is 10.2. The van der Waals surface area contributed by atoms with Gasteiger partial charge in [-0.1, -0.05) is 11.6 Å². The number of H-pyrrole nitrogens is 1. The van der Waals surface area contributed by atoms with E-state index in [1.54, 1.807) is 7.11 Å². The first-order chi connectivity index (χ1) is 12.2. The Labute approximate surface area is 152 Å². The second-order valence-electron chi connectivity index (χ2n) is 6.32. The van der Waals surface area contributed by atoms with E-state index in [-0.39, 0.29) is 0 Å². The highest BCUT2D eigenvalue weighted by molar-refractivity contribution is 6.31. The number of anilines is 1. The van der Waals surface area contributed by atoms with Crippen LogP contribution in [0.5, 0.6) is 5.75 Å². The number of piperazine rings is 1. The summed E-state index contributed by atoms with van der Waals surface area (Å²) in [6, 6.07) is 14.2. The zero-order chi connectivity index (χ0) is 17.2. The van der Waals surface area contributed by atoms with Crippen molar-refractivity contribution in [2.45, 2.75) is 6.54 Å². The molecular formula is C19H21ClN4O. The smallest absolute Gasteiger partial charge is 0.119 e. The Bertz CT molecular complexity index is 853. The SMILES string of the molecule is COc1ccc(N2CCN(Cc3n[nH]c4cc(Cl)ccc34)CC2)cc1. The van der Waals surface area contributed by atoms with Crippen molar-refractivity contribution in [1.29, 1.82) is 0 Å². The third-order valence-electron chi connectivity index (χ3n) is 4.79. The van der Waals surface area contributed by atoms with Crippen molar-refractivity contribution in [3.63, 3.8) is 0 Å². The third-order valence-corrected chi connectivity index (χ3v) is 5.02. The quantitative estimate of drug-likeness (QED) is 0.776. The average Bonchev–Trinajstić information content (AvgIpc) is 3.04. The van der Waals surface area contributed by atoms with E-state index in [9.17, 15) is 0 Å². The summed E-state index contributed by atoms with van der Waals surface area (Å²) in [5.41, 5.74) is 3.34. The van der Waals surface area contributed by atoms with E-state index in [0.29, 0.717) is 0 Å². The highest BCUT2D eigenvalue weighted by atomic mass is 35.5. The number of halogens is 1. The molecule has 0 saturated carbocycles. The van der Waals surface area contributed by atoms with Gasteiger partial charge in [0.05, 0.1) is 18.3 Å². The van der Waals surface area contributed by atoms with Gasteiger partial charge in [0.1, 0.15) is 5.75 Å². The fourth-order valence-electron chi connectivity index (χ4n) is 3.34. The zero-order valence-corrected chi connectivity index (χ0v) is 15.0. The van der Waals surface area contributed by atoms with Crippen LogP contribution in [0.2, 0.25) is 5.02 Å². The monoisotopic (exact) mass is 356 g/mol. The molecule has 2 heterocycles. The first-order valence-electron chi connectivity index (χ1n) is 8.47. The molecule has 0 aliphatic carbocycles. The van der Waals surface area contributed by atoms with Crippen LogP contribution in [-0.4, -0.2) is 48.4 Å². The van der Waals surface area contributed by atoms with Crippen molar-refractivity contribution in [3.8, 4) is 5.75 Å². The molecule has 1 aromatic heterocycles. The summed E-state index contributed by atoms with van der Waals surface area (Å²) < 4.78 is 5.23. The van der Waals surface area contributed by atoms with Crippen molar-refractivity contribution < 1.29 is 4.74 Å².